The summed E-state index contributed by atoms with van der Waals surface area (Å²) in [6, 6.07) is 3.61. The van der Waals surface area contributed by atoms with Gasteiger partial charge in [0.25, 0.3) is 0 Å². The van der Waals surface area contributed by atoms with Crippen molar-refractivity contribution in [2.45, 2.75) is 38.6 Å². The third-order valence-electron chi connectivity index (χ3n) is 3.78. The maximum absolute atomic E-state index is 12.5. The minimum atomic E-state index is -0.179. The number of hydrogen-bond acceptors (Lipinski definition) is 3. The number of aromatic nitrogens is 1. The molecule has 0 spiro atoms. The topological polar surface area (TPSA) is 74.3 Å². The van der Waals surface area contributed by atoms with Crippen LogP contribution in [0.5, 0.6) is 0 Å². The van der Waals surface area contributed by atoms with Gasteiger partial charge in [-0.25, -0.2) is 4.79 Å². The third kappa shape index (κ3) is 4.72. The molecule has 2 N–H and O–H groups in total. The minimum absolute atomic E-state index is 0.0625. The molecule has 6 nitrogen and oxygen atoms in total. The molecule has 0 unspecified atom stereocenters. The van der Waals surface area contributed by atoms with Crippen molar-refractivity contribution in [1.82, 2.24) is 20.5 Å². The zero-order valence-electron chi connectivity index (χ0n) is 13.0. The van der Waals surface area contributed by atoms with Crippen molar-refractivity contribution >= 4 is 11.9 Å². The summed E-state index contributed by atoms with van der Waals surface area (Å²) in [5, 5.41) is 5.83. The molecule has 1 aromatic heterocycles. The van der Waals surface area contributed by atoms with Gasteiger partial charge in [0, 0.05) is 25.5 Å². The van der Waals surface area contributed by atoms with Crippen LogP contribution in [0.4, 0.5) is 4.79 Å². The Balaban J connectivity index is 2.02. The van der Waals surface area contributed by atoms with Gasteiger partial charge >= 0.3 is 6.03 Å². The van der Waals surface area contributed by atoms with E-state index in [-0.39, 0.29) is 24.5 Å². The van der Waals surface area contributed by atoms with Gasteiger partial charge in [-0.2, -0.15) is 0 Å². The number of amides is 3. The number of hydrogen-bond donors (Lipinski definition) is 2. The number of carbonyl (C=O) groups is 2. The van der Waals surface area contributed by atoms with Crippen molar-refractivity contribution in [2.24, 2.45) is 0 Å². The van der Waals surface area contributed by atoms with Gasteiger partial charge in [0.05, 0.1) is 6.04 Å². The summed E-state index contributed by atoms with van der Waals surface area (Å²) in [4.78, 5) is 29.8. The summed E-state index contributed by atoms with van der Waals surface area (Å²) < 4.78 is 0. The van der Waals surface area contributed by atoms with Crippen molar-refractivity contribution < 1.29 is 9.59 Å². The summed E-state index contributed by atoms with van der Waals surface area (Å²) in [5.74, 6) is -0.0980. The first-order valence-electron chi connectivity index (χ1n) is 7.92. The molecular formula is C16H24N4O2. The second-order valence-corrected chi connectivity index (χ2v) is 5.56. The van der Waals surface area contributed by atoms with Crippen molar-refractivity contribution in [3.63, 3.8) is 0 Å². The van der Waals surface area contributed by atoms with Gasteiger partial charge in [0.2, 0.25) is 5.91 Å². The normalized spacial score (nSPS) is 16.6. The van der Waals surface area contributed by atoms with Crippen molar-refractivity contribution in [3.05, 3.63) is 30.1 Å². The summed E-state index contributed by atoms with van der Waals surface area (Å²) >= 11 is 0. The van der Waals surface area contributed by atoms with E-state index in [4.69, 9.17) is 0 Å². The maximum Gasteiger partial charge on any atom is 0.318 e. The SMILES string of the molecule is CCCC[C@@H](NC(=O)N1CCCNC(=O)C1)c1cccnc1. The Labute approximate surface area is 131 Å². The fourth-order valence-corrected chi connectivity index (χ4v) is 2.53. The highest BCUT2D eigenvalue weighted by atomic mass is 16.2. The molecule has 1 fully saturated rings. The molecule has 1 atom stereocenters. The van der Waals surface area contributed by atoms with Crippen LogP contribution in [-0.4, -0.2) is 41.5 Å². The van der Waals surface area contributed by atoms with E-state index >= 15 is 0 Å². The summed E-state index contributed by atoms with van der Waals surface area (Å²) in [7, 11) is 0. The number of nitrogens with one attached hydrogen (secondary N) is 2. The highest BCUT2D eigenvalue weighted by molar-refractivity contribution is 5.84. The van der Waals surface area contributed by atoms with E-state index < -0.39 is 0 Å². The van der Waals surface area contributed by atoms with Crippen LogP contribution in [0.15, 0.2) is 24.5 Å². The van der Waals surface area contributed by atoms with E-state index in [0.29, 0.717) is 13.1 Å². The lowest BCUT2D eigenvalue weighted by molar-refractivity contribution is -0.121. The van der Waals surface area contributed by atoms with Crippen LogP contribution in [-0.2, 0) is 4.79 Å². The van der Waals surface area contributed by atoms with Crippen molar-refractivity contribution in [2.75, 3.05) is 19.6 Å². The van der Waals surface area contributed by atoms with Gasteiger partial charge in [-0.15, -0.1) is 0 Å². The quantitative estimate of drug-likeness (QED) is 0.871. The fourth-order valence-electron chi connectivity index (χ4n) is 2.53. The molecule has 1 saturated heterocycles. The molecule has 6 heteroatoms. The van der Waals surface area contributed by atoms with Crippen LogP contribution < -0.4 is 10.6 Å². The lowest BCUT2D eigenvalue weighted by atomic mass is 10.0. The molecule has 0 bridgehead atoms. The number of pyridine rings is 1. The van der Waals surface area contributed by atoms with Crippen molar-refractivity contribution in [1.29, 1.82) is 0 Å². The monoisotopic (exact) mass is 304 g/mol. The van der Waals surface area contributed by atoms with Crippen LogP contribution in [0.2, 0.25) is 0 Å². The van der Waals surface area contributed by atoms with E-state index in [0.717, 1.165) is 31.2 Å². The predicted octanol–water partition coefficient (Wildman–Crippen LogP) is 1.84. The molecule has 1 aromatic rings. The Bertz CT molecular complexity index is 492. The van der Waals surface area contributed by atoms with Gasteiger partial charge in [0.15, 0.2) is 0 Å². The summed E-state index contributed by atoms with van der Waals surface area (Å²) in [6.07, 6.45) is 7.26. The van der Waals surface area contributed by atoms with Gasteiger partial charge < -0.3 is 15.5 Å². The standard InChI is InChI=1S/C16H24N4O2/c1-2-3-7-14(13-6-4-8-17-11-13)19-16(22)20-10-5-9-18-15(21)12-20/h4,6,8,11,14H,2-3,5,7,9-10,12H2,1H3,(H,18,21)(H,19,22)/t14-/m1/s1. The molecular weight excluding hydrogens is 280 g/mol. The van der Waals surface area contributed by atoms with E-state index in [1.807, 2.05) is 12.1 Å². The third-order valence-corrected chi connectivity index (χ3v) is 3.78. The Morgan fingerprint density at radius 1 is 1.55 bits per heavy atom. The lowest BCUT2D eigenvalue weighted by Crippen LogP contribution is -2.44. The first-order valence-corrected chi connectivity index (χ1v) is 7.92. The van der Waals surface area contributed by atoms with Crippen LogP contribution in [0.3, 0.4) is 0 Å². The van der Waals surface area contributed by atoms with Gasteiger partial charge in [0.1, 0.15) is 6.54 Å². The molecule has 2 rings (SSSR count). The predicted molar refractivity (Wildman–Crippen MR) is 84.2 cm³/mol. The van der Waals surface area contributed by atoms with Crippen molar-refractivity contribution in [3.8, 4) is 0 Å². The second kappa shape index (κ2) is 8.36. The molecule has 22 heavy (non-hydrogen) atoms. The zero-order valence-corrected chi connectivity index (χ0v) is 13.0. The molecule has 0 radical (unpaired) electrons. The Hall–Kier alpha value is -2.11. The highest BCUT2D eigenvalue weighted by Gasteiger charge is 2.22. The number of unbranched alkanes of at least 4 members (excludes halogenated alkanes) is 1. The number of nitrogens with zero attached hydrogens (tertiary/aromatic N) is 2. The smallest absolute Gasteiger partial charge is 0.318 e. The minimum Gasteiger partial charge on any atom is -0.354 e. The van der Waals surface area contributed by atoms with Crippen LogP contribution >= 0.6 is 0 Å². The van der Waals surface area contributed by atoms with E-state index in [1.54, 1.807) is 17.3 Å². The van der Waals surface area contributed by atoms with Crippen LogP contribution in [0.1, 0.15) is 44.2 Å². The molecule has 0 saturated carbocycles. The zero-order chi connectivity index (χ0) is 15.8. The number of urea groups is 1. The van der Waals surface area contributed by atoms with E-state index in [2.05, 4.69) is 22.5 Å². The first kappa shape index (κ1) is 16.3. The van der Waals surface area contributed by atoms with Gasteiger partial charge in [-0.1, -0.05) is 25.8 Å². The highest BCUT2D eigenvalue weighted by Crippen LogP contribution is 2.19. The lowest BCUT2D eigenvalue weighted by Gasteiger charge is -2.25. The van der Waals surface area contributed by atoms with E-state index in [1.165, 1.54) is 0 Å². The second-order valence-electron chi connectivity index (χ2n) is 5.56. The average Bonchev–Trinajstić information content (AvgIpc) is 2.76. The van der Waals surface area contributed by atoms with Crippen LogP contribution in [0, 0.1) is 0 Å². The molecule has 0 aliphatic carbocycles. The Morgan fingerprint density at radius 3 is 3.14 bits per heavy atom. The maximum atomic E-state index is 12.5. The molecule has 3 amide bonds. The van der Waals surface area contributed by atoms with Crippen LogP contribution in [0.25, 0.3) is 0 Å². The Kier molecular flexibility index (Phi) is 6.18. The summed E-state index contributed by atoms with van der Waals surface area (Å²) in [5.41, 5.74) is 1.00. The molecule has 120 valence electrons. The fraction of sp³-hybridized carbons (Fsp3) is 0.562. The van der Waals surface area contributed by atoms with Gasteiger partial charge in [-0.3, -0.25) is 9.78 Å². The van der Waals surface area contributed by atoms with E-state index in [9.17, 15) is 9.59 Å². The molecule has 0 aromatic carbocycles. The van der Waals surface area contributed by atoms with Gasteiger partial charge in [-0.05, 0) is 24.5 Å². The number of carbonyl (C=O) groups excluding carboxylic acids is 2. The largest absolute Gasteiger partial charge is 0.354 e. The Morgan fingerprint density at radius 2 is 2.41 bits per heavy atom. The molecule has 1 aliphatic heterocycles. The molecule has 1 aliphatic rings. The first-order chi connectivity index (χ1) is 10.7. The average molecular weight is 304 g/mol. The summed E-state index contributed by atoms with van der Waals surface area (Å²) in [6.45, 7) is 3.48. The number of rotatable bonds is 5. The molecule has 2 heterocycles.